The molecule has 26 heavy (non-hydrogen) atoms. The van der Waals surface area contributed by atoms with Crippen molar-refractivity contribution >= 4 is 5.97 Å². The first kappa shape index (κ1) is 19.8. The molecule has 0 bridgehead atoms. The number of carbonyl (C=O) groups is 1. The van der Waals surface area contributed by atoms with Crippen LogP contribution >= 0.6 is 0 Å². The molecule has 0 spiro atoms. The molecule has 0 radical (unpaired) electrons. The van der Waals surface area contributed by atoms with Gasteiger partial charge >= 0.3 is 5.97 Å². The summed E-state index contributed by atoms with van der Waals surface area (Å²) in [6.07, 6.45) is 0.552. The summed E-state index contributed by atoms with van der Waals surface area (Å²) in [6.45, 7) is 4.70. The van der Waals surface area contributed by atoms with Gasteiger partial charge in [-0.1, -0.05) is 30.3 Å². The maximum Gasteiger partial charge on any atom is 0.309 e. The fraction of sp³-hybridized carbons (Fsp3) is 0.381. The Kier molecular flexibility index (Phi) is 6.64. The van der Waals surface area contributed by atoms with Gasteiger partial charge in [0.2, 0.25) is 0 Å². The quantitative estimate of drug-likeness (QED) is 0.665. The van der Waals surface area contributed by atoms with Crippen LogP contribution in [0.2, 0.25) is 0 Å². The Bertz CT molecular complexity index is 741. The van der Waals surface area contributed by atoms with Crippen molar-refractivity contribution in [3.05, 3.63) is 48.0 Å². The Hall–Kier alpha value is -2.53. The average Bonchev–Trinajstić information content (AvgIpc) is 2.65. The minimum atomic E-state index is -0.782. The number of hydrogen-bond acceptors (Lipinski definition) is 4. The van der Waals surface area contributed by atoms with Crippen molar-refractivity contribution < 1.29 is 19.4 Å². The van der Waals surface area contributed by atoms with E-state index in [-0.39, 0.29) is 0 Å². The molecule has 0 saturated carbocycles. The lowest BCUT2D eigenvalue weighted by Crippen LogP contribution is -2.28. The molecule has 140 valence electrons. The van der Waals surface area contributed by atoms with Crippen LogP contribution in [0.4, 0.5) is 0 Å². The molecule has 5 nitrogen and oxygen atoms in total. The zero-order valence-electron chi connectivity index (χ0n) is 15.8. The van der Waals surface area contributed by atoms with Gasteiger partial charge in [0.1, 0.15) is 0 Å². The number of ether oxygens (including phenoxy) is 2. The predicted octanol–water partition coefficient (Wildman–Crippen LogP) is 3.96. The van der Waals surface area contributed by atoms with Crippen LogP contribution in [0.1, 0.15) is 25.8 Å². The Balaban J connectivity index is 2.22. The Morgan fingerprint density at radius 1 is 1.08 bits per heavy atom. The number of benzene rings is 2. The molecule has 0 aliphatic carbocycles. The molecule has 0 fully saturated rings. The predicted molar refractivity (Wildman–Crippen MR) is 103 cm³/mol. The van der Waals surface area contributed by atoms with E-state index in [1.807, 2.05) is 30.3 Å². The SMILES string of the molecule is COc1cc(CNCCC(C)(C)C(=O)O)c(-c2ccccc2)cc1OC. The highest BCUT2D eigenvalue weighted by atomic mass is 16.5. The van der Waals surface area contributed by atoms with Gasteiger partial charge < -0.3 is 19.9 Å². The van der Waals surface area contributed by atoms with Crippen molar-refractivity contribution in [2.45, 2.75) is 26.8 Å². The van der Waals surface area contributed by atoms with Crippen LogP contribution in [0.25, 0.3) is 11.1 Å². The molecule has 0 aliphatic heterocycles. The second kappa shape index (κ2) is 8.72. The van der Waals surface area contributed by atoms with Crippen molar-refractivity contribution in [2.75, 3.05) is 20.8 Å². The number of aliphatic carboxylic acids is 1. The van der Waals surface area contributed by atoms with Gasteiger partial charge in [0, 0.05) is 6.54 Å². The van der Waals surface area contributed by atoms with Crippen LogP contribution in [0.3, 0.4) is 0 Å². The lowest BCUT2D eigenvalue weighted by Gasteiger charge is -2.20. The minimum absolute atomic E-state index is 0.552. The summed E-state index contributed by atoms with van der Waals surface area (Å²) in [7, 11) is 3.24. The summed E-state index contributed by atoms with van der Waals surface area (Å²) in [5.74, 6) is 0.576. The summed E-state index contributed by atoms with van der Waals surface area (Å²) >= 11 is 0. The smallest absolute Gasteiger partial charge is 0.309 e. The Labute approximate surface area is 155 Å². The highest BCUT2D eigenvalue weighted by molar-refractivity contribution is 5.73. The van der Waals surface area contributed by atoms with Gasteiger partial charge in [0.15, 0.2) is 11.5 Å². The second-order valence-corrected chi connectivity index (χ2v) is 6.85. The van der Waals surface area contributed by atoms with E-state index in [1.165, 1.54) is 0 Å². The monoisotopic (exact) mass is 357 g/mol. The van der Waals surface area contributed by atoms with E-state index in [0.717, 1.165) is 16.7 Å². The van der Waals surface area contributed by atoms with E-state index in [2.05, 4.69) is 17.4 Å². The average molecular weight is 357 g/mol. The first-order valence-corrected chi connectivity index (χ1v) is 8.63. The molecule has 0 atom stereocenters. The van der Waals surface area contributed by atoms with Gasteiger partial charge in [0.05, 0.1) is 19.6 Å². The maximum absolute atomic E-state index is 11.2. The summed E-state index contributed by atoms with van der Waals surface area (Å²) < 4.78 is 10.9. The standard InChI is InChI=1S/C21H27NO4/c1-21(2,20(23)24)10-11-22-14-16-12-18(25-3)19(26-4)13-17(16)15-8-6-5-7-9-15/h5-9,12-13,22H,10-11,14H2,1-4H3,(H,23,24). The first-order valence-electron chi connectivity index (χ1n) is 8.63. The number of nitrogens with one attached hydrogen (secondary N) is 1. The Morgan fingerprint density at radius 3 is 2.27 bits per heavy atom. The number of carboxylic acids is 1. The topological polar surface area (TPSA) is 67.8 Å². The molecule has 0 saturated heterocycles. The fourth-order valence-corrected chi connectivity index (χ4v) is 2.68. The zero-order valence-corrected chi connectivity index (χ0v) is 15.8. The highest BCUT2D eigenvalue weighted by Gasteiger charge is 2.26. The molecule has 0 aromatic heterocycles. The zero-order chi connectivity index (χ0) is 19.2. The molecule has 0 unspecified atom stereocenters. The summed E-state index contributed by atoms with van der Waals surface area (Å²) in [4.78, 5) is 11.2. The number of hydrogen-bond donors (Lipinski definition) is 2. The van der Waals surface area contributed by atoms with Gasteiger partial charge in [-0.2, -0.15) is 0 Å². The fourth-order valence-electron chi connectivity index (χ4n) is 2.68. The van der Waals surface area contributed by atoms with Crippen LogP contribution in [0.5, 0.6) is 11.5 Å². The number of carboxylic acid groups (broad SMARTS) is 1. The van der Waals surface area contributed by atoms with E-state index in [1.54, 1.807) is 28.1 Å². The summed E-state index contributed by atoms with van der Waals surface area (Å²) in [6, 6.07) is 14.0. The third-order valence-corrected chi connectivity index (χ3v) is 4.52. The second-order valence-electron chi connectivity index (χ2n) is 6.85. The molecule has 0 amide bonds. The third-order valence-electron chi connectivity index (χ3n) is 4.52. The third kappa shape index (κ3) is 4.76. The maximum atomic E-state index is 11.2. The van der Waals surface area contributed by atoms with Gasteiger partial charge in [0.25, 0.3) is 0 Å². The molecular formula is C21H27NO4. The molecule has 0 aliphatic rings. The van der Waals surface area contributed by atoms with Crippen molar-refractivity contribution in [1.82, 2.24) is 5.32 Å². The van der Waals surface area contributed by atoms with E-state index < -0.39 is 11.4 Å². The van der Waals surface area contributed by atoms with Gasteiger partial charge in [-0.05, 0) is 55.6 Å². The van der Waals surface area contributed by atoms with E-state index >= 15 is 0 Å². The van der Waals surface area contributed by atoms with Crippen LogP contribution in [0, 0.1) is 5.41 Å². The highest BCUT2D eigenvalue weighted by Crippen LogP contribution is 2.35. The lowest BCUT2D eigenvalue weighted by molar-refractivity contribution is -0.147. The number of methoxy groups -OCH3 is 2. The largest absolute Gasteiger partial charge is 0.493 e. The summed E-state index contributed by atoms with van der Waals surface area (Å²) in [5, 5.41) is 12.6. The molecular weight excluding hydrogens is 330 g/mol. The Morgan fingerprint density at radius 2 is 1.69 bits per heavy atom. The van der Waals surface area contributed by atoms with Crippen LogP contribution in [-0.2, 0) is 11.3 Å². The summed E-state index contributed by atoms with van der Waals surface area (Å²) in [5.41, 5.74) is 2.48. The lowest BCUT2D eigenvalue weighted by atomic mass is 9.89. The van der Waals surface area contributed by atoms with Crippen LogP contribution in [-0.4, -0.2) is 31.8 Å². The normalized spacial score (nSPS) is 11.2. The van der Waals surface area contributed by atoms with Gasteiger partial charge in [-0.15, -0.1) is 0 Å². The van der Waals surface area contributed by atoms with Crippen molar-refractivity contribution in [1.29, 1.82) is 0 Å². The van der Waals surface area contributed by atoms with E-state index in [0.29, 0.717) is 31.0 Å². The molecule has 0 heterocycles. The van der Waals surface area contributed by atoms with Crippen molar-refractivity contribution in [3.63, 3.8) is 0 Å². The molecule has 5 heteroatoms. The van der Waals surface area contributed by atoms with Crippen molar-refractivity contribution in [3.8, 4) is 22.6 Å². The first-order chi connectivity index (χ1) is 12.4. The van der Waals surface area contributed by atoms with Gasteiger partial charge in [-0.25, -0.2) is 0 Å². The van der Waals surface area contributed by atoms with Crippen LogP contribution < -0.4 is 14.8 Å². The van der Waals surface area contributed by atoms with E-state index in [4.69, 9.17) is 9.47 Å². The minimum Gasteiger partial charge on any atom is -0.493 e. The van der Waals surface area contributed by atoms with Crippen LogP contribution in [0.15, 0.2) is 42.5 Å². The molecule has 2 rings (SSSR count). The molecule has 2 aromatic rings. The van der Waals surface area contributed by atoms with Crippen molar-refractivity contribution in [2.24, 2.45) is 5.41 Å². The molecule has 2 aromatic carbocycles. The van der Waals surface area contributed by atoms with E-state index in [9.17, 15) is 9.90 Å². The molecule has 2 N–H and O–H groups in total. The van der Waals surface area contributed by atoms with Gasteiger partial charge in [-0.3, -0.25) is 4.79 Å². The number of rotatable bonds is 9.